The average molecular weight is 340 g/mol. The molecule has 2 heterocycles. The fourth-order valence-electron chi connectivity index (χ4n) is 5.43. The third kappa shape index (κ3) is 2.43. The Morgan fingerprint density at radius 1 is 1.16 bits per heavy atom. The number of amides is 2. The summed E-state index contributed by atoms with van der Waals surface area (Å²) in [7, 11) is 0. The van der Waals surface area contributed by atoms with Crippen LogP contribution in [-0.2, 0) is 9.53 Å². The second-order valence-electron chi connectivity index (χ2n) is 8.61. The number of ether oxygens (including phenoxy) is 1. The molecule has 2 saturated carbocycles. The summed E-state index contributed by atoms with van der Waals surface area (Å²) in [5.41, 5.74) is 1.53. The smallest absolute Gasteiger partial charge is 0.407 e. The highest BCUT2D eigenvalue weighted by Gasteiger charge is 2.55. The largest absolute Gasteiger partial charge is 0.447 e. The summed E-state index contributed by atoms with van der Waals surface area (Å²) in [5, 5.41) is 2.87. The summed E-state index contributed by atoms with van der Waals surface area (Å²) in [6.45, 7) is 2.23. The number of hydrogen-bond acceptors (Lipinski definition) is 3. The molecule has 5 heteroatoms. The van der Waals surface area contributed by atoms with Crippen LogP contribution in [0.15, 0.2) is 30.3 Å². The molecule has 2 saturated heterocycles. The van der Waals surface area contributed by atoms with Crippen molar-refractivity contribution >= 4 is 12.0 Å². The number of benzene rings is 1. The first kappa shape index (κ1) is 15.2. The van der Waals surface area contributed by atoms with E-state index >= 15 is 0 Å². The highest BCUT2D eigenvalue weighted by Crippen LogP contribution is 2.56. The van der Waals surface area contributed by atoms with Crippen molar-refractivity contribution in [1.82, 2.24) is 10.2 Å². The number of nitrogens with zero attached hydrogens (tertiary/aromatic N) is 1. The van der Waals surface area contributed by atoms with Crippen LogP contribution in [0.4, 0.5) is 4.79 Å². The summed E-state index contributed by atoms with van der Waals surface area (Å²) in [4.78, 5) is 26.1. The fraction of sp³-hybridized carbons (Fsp3) is 0.600. The van der Waals surface area contributed by atoms with E-state index in [4.69, 9.17) is 4.74 Å². The number of likely N-dealkylation sites (tertiary alicyclic amines) is 1. The Hall–Kier alpha value is -2.04. The first-order valence-corrected chi connectivity index (χ1v) is 9.35. The average Bonchev–Trinajstić information content (AvgIpc) is 3.17. The molecule has 1 aromatic rings. The van der Waals surface area contributed by atoms with Crippen LogP contribution in [0.2, 0.25) is 0 Å². The van der Waals surface area contributed by atoms with Crippen LogP contribution in [0.25, 0.3) is 0 Å². The molecular formula is C20H24N2O3. The van der Waals surface area contributed by atoms with Gasteiger partial charge in [-0.2, -0.15) is 0 Å². The molecule has 1 N–H and O–H groups in total. The number of hydrogen-bond donors (Lipinski definition) is 1. The number of rotatable bonds is 2. The van der Waals surface area contributed by atoms with Gasteiger partial charge in [0, 0.05) is 19.0 Å². The first-order valence-electron chi connectivity index (χ1n) is 9.35. The Kier molecular flexibility index (Phi) is 3.19. The maximum absolute atomic E-state index is 12.8. The molecule has 2 amide bonds. The first-order chi connectivity index (χ1) is 12.1. The third-order valence-electron chi connectivity index (χ3n) is 6.85. The zero-order chi connectivity index (χ0) is 17.1. The minimum absolute atomic E-state index is 0.0575. The molecule has 1 aromatic carbocycles. The molecule has 0 atom stereocenters. The summed E-state index contributed by atoms with van der Waals surface area (Å²) < 4.78 is 5.00. The van der Waals surface area contributed by atoms with Gasteiger partial charge in [-0.15, -0.1) is 0 Å². The van der Waals surface area contributed by atoms with E-state index in [-0.39, 0.29) is 23.5 Å². The summed E-state index contributed by atoms with van der Waals surface area (Å²) in [6, 6.07) is 10.7. The number of carbonyl (C=O) groups is 2. The zero-order valence-corrected chi connectivity index (χ0v) is 14.4. The SMILES string of the molecule is O=C1NC2(CO1)CC(C(=O)N1CCC3(CC(c4ccccc4)C3)C1)C2. The van der Waals surface area contributed by atoms with Crippen LogP contribution >= 0.6 is 0 Å². The number of nitrogens with one attached hydrogen (secondary N) is 1. The highest BCUT2D eigenvalue weighted by atomic mass is 16.6. The van der Waals surface area contributed by atoms with E-state index in [2.05, 4.69) is 40.5 Å². The molecule has 132 valence electrons. The van der Waals surface area contributed by atoms with E-state index in [1.54, 1.807) is 0 Å². The monoisotopic (exact) mass is 340 g/mol. The van der Waals surface area contributed by atoms with Crippen molar-refractivity contribution in [3.63, 3.8) is 0 Å². The molecule has 0 unspecified atom stereocenters. The van der Waals surface area contributed by atoms with Gasteiger partial charge >= 0.3 is 6.09 Å². The predicted molar refractivity (Wildman–Crippen MR) is 92.0 cm³/mol. The summed E-state index contributed by atoms with van der Waals surface area (Å²) in [6.07, 6.45) is 4.67. The van der Waals surface area contributed by atoms with Crippen molar-refractivity contribution in [2.24, 2.45) is 11.3 Å². The molecular weight excluding hydrogens is 316 g/mol. The molecule has 2 aliphatic carbocycles. The Morgan fingerprint density at radius 2 is 1.92 bits per heavy atom. The van der Waals surface area contributed by atoms with Crippen LogP contribution in [0.5, 0.6) is 0 Å². The normalized spacial score (nSPS) is 39.0. The molecule has 5 rings (SSSR count). The van der Waals surface area contributed by atoms with E-state index in [0.717, 1.165) is 32.4 Å². The lowest BCUT2D eigenvalue weighted by atomic mass is 9.59. The summed E-state index contributed by atoms with van der Waals surface area (Å²) >= 11 is 0. The van der Waals surface area contributed by atoms with Gasteiger partial charge in [-0.05, 0) is 49.0 Å². The molecule has 0 radical (unpaired) electrons. The Labute approximate surface area is 147 Å². The van der Waals surface area contributed by atoms with Crippen molar-refractivity contribution in [2.45, 2.75) is 43.6 Å². The summed E-state index contributed by atoms with van der Waals surface area (Å²) in [5.74, 6) is 1.00. The van der Waals surface area contributed by atoms with Gasteiger partial charge in [0.1, 0.15) is 6.61 Å². The second kappa shape index (κ2) is 5.23. The topological polar surface area (TPSA) is 58.6 Å². The molecule has 4 fully saturated rings. The minimum atomic E-state index is -0.340. The van der Waals surface area contributed by atoms with Gasteiger partial charge in [-0.25, -0.2) is 4.79 Å². The van der Waals surface area contributed by atoms with Crippen LogP contribution in [-0.4, -0.2) is 42.1 Å². The molecule has 4 aliphatic rings. The molecule has 0 aromatic heterocycles. The molecule has 0 bridgehead atoms. The minimum Gasteiger partial charge on any atom is -0.447 e. The van der Waals surface area contributed by atoms with E-state index in [1.807, 2.05) is 0 Å². The second-order valence-corrected chi connectivity index (χ2v) is 8.61. The third-order valence-corrected chi connectivity index (χ3v) is 6.85. The van der Waals surface area contributed by atoms with Gasteiger partial charge in [-0.3, -0.25) is 4.79 Å². The number of cyclic esters (lactones) is 1. The quantitative estimate of drug-likeness (QED) is 0.900. The number of carbonyl (C=O) groups excluding carboxylic acids is 2. The van der Waals surface area contributed by atoms with Crippen molar-refractivity contribution in [3.05, 3.63) is 35.9 Å². The maximum Gasteiger partial charge on any atom is 0.407 e. The van der Waals surface area contributed by atoms with E-state index in [1.165, 1.54) is 18.4 Å². The number of alkyl carbamates (subject to hydrolysis) is 1. The standard InChI is InChI=1S/C20H24N2O3/c23-17(16-10-20(11-16)13-25-18(24)21-20)22-7-6-19(12-22)8-15(9-19)14-4-2-1-3-5-14/h1-5,15-16H,6-13H2,(H,21,24). The molecule has 2 aliphatic heterocycles. The van der Waals surface area contributed by atoms with Crippen molar-refractivity contribution in [3.8, 4) is 0 Å². The zero-order valence-electron chi connectivity index (χ0n) is 14.4. The predicted octanol–water partition coefficient (Wildman–Crippen LogP) is 2.67. The lowest BCUT2D eigenvalue weighted by Crippen LogP contribution is -2.58. The Balaban J connectivity index is 1.16. The van der Waals surface area contributed by atoms with Crippen molar-refractivity contribution < 1.29 is 14.3 Å². The molecule has 25 heavy (non-hydrogen) atoms. The van der Waals surface area contributed by atoms with Gasteiger partial charge < -0.3 is 15.0 Å². The Bertz CT molecular complexity index is 705. The van der Waals surface area contributed by atoms with E-state index in [0.29, 0.717) is 17.9 Å². The highest BCUT2D eigenvalue weighted by molar-refractivity contribution is 5.82. The van der Waals surface area contributed by atoms with Gasteiger partial charge in [0.25, 0.3) is 0 Å². The van der Waals surface area contributed by atoms with E-state index in [9.17, 15) is 9.59 Å². The van der Waals surface area contributed by atoms with Crippen LogP contribution in [0, 0.1) is 11.3 Å². The molecule has 5 nitrogen and oxygen atoms in total. The molecule has 2 spiro atoms. The van der Waals surface area contributed by atoms with Crippen LogP contribution in [0.3, 0.4) is 0 Å². The maximum atomic E-state index is 12.8. The van der Waals surface area contributed by atoms with Crippen molar-refractivity contribution in [1.29, 1.82) is 0 Å². The van der Waals surface area contributed by atoms with Crippen LogP contribution < -0.4 is 5.32 Å². The van der Waals surface area contributed by atoms with Crippen LogP contribution in [0.1, 0.15) is 43.6 Å². The van der Waals surface area contributed by atoms with Gasteiger partial charge in [0.15, 0.2) is 0 Å². The lowest BCUT2D eigenvalue weighted by Gasteiger charge is -2.46. The Morgan fingerprint density at radius 3 is 2.60 bits per heavy atom. The van der Waals surface area contributed by atoms with E-state index < -0.39 is 0 Å². The van der Waals surface area contributed by atoms with Gasteiger partial charge in [-0.1, -0.05) is 30.3 Å². The lowest BCUT2D eigenvalue weighted by molar-refractivity contribution is -0.140. The van der Waals surface area contributed by atoms with Crippen molar-refractivity contribution in [2.75, 3.05) is 19.7 Å². The fourth-order valence-corrected chi connectivity index (χ4v) is 5.43. The van der Waals surface area contributed by atoms with Gasteiger partial charge in [0.2, 0.25) is 5.91 Å². The van der Waals surface area contributed by atoms with Gasteiger partial charge in [0.05, 0.1) is 5.54 Å².